The number of nitrogens with zero attached hydrogens (tertiary/aromatic N) is 1. The van der Waals surface area contributed by atoms with Crippen LogP contribution < -0.4 is 5.73 Å². The molecule has 0 aliphatic rings. The Labute approximate surface area is 126 Å². The van der Waals surface area contributed by atoms with E-state index >= 15 is 0 Å². The molecule has 3 heteroatoms. The average Bonchev–Trinajstić information content (AvgIpc) is 2.51. The fraction of sp³-hybridized carbons (Fsp3) is 0.444. The summed E-state index contributed by atoms with van der Waals surface area (Å²) < 4.78 is 0. The summed E-state index contributed by atoms with van der Waals surface area (Å²) in [4.78, 5) is 16.7. The molecule has 2 N–H and O–H groups in total. The van der Waals surface area contributed by atoms with Crippen LogP contribution >= 0.6 is 0 Å². The van der Waals surface area contributed by atoms with E-state index in [2.05, 4.69) is 11.9 Å². The van der Waals surface area contributed by atoms with Crippen LogP contribution in [0.5, 0.6) is 0 Å². The third-order valence-corrected chi connectivity index (χ3v) is 4.02. The number of ketones is 1. The van der Waals surface area contributed by atoms with Crippen molar-refractivity contribution < 1.29 is 4.79 Å². The minimum Gasteiger partial charge on any atom is -0.330 e. The molecule has 0 bridgehead atoms. The molecule has 3 nitrogen and oxygen atoms in total. The molecule has 0 aliphatic carbocycles. The molecule has 21 heavy (non-hydrogen) atoms. The van der Waals surface area contributed by atoms with E-state index in [-0.39, 0.29) is 5.78 Å². The molecule has 0 amide bonds. The Morgan fingerprint density at radius 2 is 2.00 bits per heavy atom. The Morgan fingerprint density at radius 1 is 1.19 bits per heavy atom. The first-order valence-corrected chi connectivity index (χ1v) is 7.79. The van der Waals surface area contributed by atoms with Crippen LogP contribution in [0, 0.1) is 5.92 Å². The summed E-state index contributed by atoms with van der Waals surface area (Å²) in [5, 5.41) is 1.11. The fourth-order valence-electron chi connectivity index (χ4n) is 2.65. The number of carbonyl (C=O) groups is 1. The third-order valence-electron chi connectivity index (χ3n) is 4.02. The van der Waals surface area contributed by atoms with Gasteiger partial charge in [0.25, 0.3) is 0 Å². The second-order valence-electron chi connectivity index (χ2n) is 5.60. The van der Waals surface area contributed by atoms with Gasteiger partial charge < -0.3 is 5.73 Å². The fourth-order valence-corrected chi connectivity index (χ4v) is 2.65. The maximum Gasteiger partial charge on any atom is 0.138 e. The molecular formula is C18H24N2O. The summed E-state index contributed by atoms with van der Waals surface area (Å²) in [6.45, 7) is 2.87. The third kappa shape index (κ3) is 4.64. The van der Waals surface area contributed by atoms with Crippen molar-refractivity contribution >= 4 is 16.7 Å². The Kier molecular flexibility index (Phi) is 5.88. The average molecular weight is 284 g/mol. The van der Waals surface area contributed by atoms with E-state index in [1.54, 1.807) is 0 Å². The number of para-hydroxylation sites is 1. The van der Waals surface area contributed by atoms with Crippen LogP contribution in [0.3, 0.4) is 0 Å². The second-order valence-corrected chi connectivity index (χ2v) is 5.60. The summed E-state index contributed by atoms with van der Waals surface area (Å²) in [5.41, 5.74) is 7.42. The number of hydrogen-bond acceptors (Lipinski definition) is 3. The Morgan fingerprint density at radius 3 is 2.76 bits per heavy atom. The van der Waals surface area contributed by atoms with Gasteiger partial charge in [0.2, 0.25) is 0 Å². The largest absolute Gasteiger partial charge is 0.330 e. The molecule has 1 unspecified atom stereocenters. The predicted molar refractivity (Wildman–Crippen MR) is 87.1 cm³/mol. The maximum absolute atomic E-state index is 12.1. The highest BCUT2D eigenvalue weighted by Gasteiger charge is 2.10. The molecule has 1 aromatic carbocycles. The monoisotopic (exact) mass is 284 g/mol. The van der Waals surface area contributed by atoms with Gasteiger partial charge >= 0.3 is 0 Å². The van der Waals surface area contributed by atoms with Crippen LogP contribution in [-0.4, -0.2) is 17.3 Å². The molecule has 1 heterocycles. The van der Waals surface area contributed by atoms with Crippen molar-refractivity contribution in [3.63, 3.8) is 0 Å². The summed E-state index contributed by atoms with van der Waals surface area (Å²) in [6.07, 6.45) is 4.12. The lowest BCUT2D eigenvalue weighted by molar-refractivity contribution is -0.118. The van der Waals surface area contributed by atoms with E-state index in [0.717, 1.165) is 35.9 Å². The van der Waals surface area contributed by atoms with Crippen LogP contribution in [0.15, 0.2) is 36.4 Å². The molecule has 1 atom stereocenters. The van der Waals surface area contributed by atoms with Gasteiger partial charge in [-0.25, -0.2) is 0 Å². The summed E-state index contributed by atoms with van der Waals surface area (Å²) in [5.74, 6) is 0.844. The quantitative estimate of drug-likeness (QED) is 0.807. The number of Topliss-reactive ketones (excluding diaryl/α,β-unsaturated/α-hetero) is 1. The first-order valence-electron chi connectivity index (χ1n) is 7.79. The summed E-state index contributed by atoms with van der Waals surface area (Å²) in [6, 6.07) is 12.0. The van der Waals surface area contributed by atoms with Crippen LogP contribution in [0.2, 0.25) is 0 Å². The van der Waals surface area contributed by atoms with Gasteiger partial charge in [-0.05, 0) is 37.4 Å². The minimum absolute atomic E-state index is 0.272. The van der Waals surface area contributed by atoms with E-state index in [1.807, 2.05) is 36.4 Å². The van der Waals surface area contributed by atoms with Gasteiger partial charge in [0, 0.05) is 23.9 Å². The topological polar surface area (TPSA) is 56.0 Å². The molecule has 112 valence electrons. The van der Waals surface area contributed by atoms with Gasteiger partial charge in [0.15, 0.2) is 0 Å². The number of rotatable bonds is 8. The summed E-state index contributed by atoms with van der Waals surface area (Å²) in [7, 11) is 0. The highest BCUT2D eigenvalue weighted by Crippen LogP contribution is 2.16. The molecule has 2 aromatic rings. The first kappa shape index (κ1) is 15.6. The van der Waals surface area contributed by atoms with Crippen molar-refractivity contribution in [2.24, 2.45) is 11.7 Å². The van der Waals surface area contributed by atoms with E-state index in [1.165, 1.54) is 0 Å². The first-order chi connectivity index (χ1) is 10.2. The van der Waals surface area contributed by atoms with Crippen molar-refractivity contribution in [2.45, 2.75) is 39.0 Å². The van der Waals surface area contributed by atoms with Crippen LogP contribution in [-0.2, 0) is 11.2 Å². The number of fused-ring (bicyclic) bond motifs is 1. The molecule has 0 radical (unpaired) electrons. The second kappa shape index (κ2) is 7.89. The molecule has 2 rings (SSSR count). The predicted octanol–water partition coefficient (Wildman–Crippen LogP) is 3.50. The normalized spacial score (nSPS) is 12.5. The van der Waals surface area contributed by atoms with Crippen molar-refractivity contribution in [3.8, 4) is 0 Å². The number of pyridine rings is 1. The number of hydrogen-bond donors (Lipinski definition) is 1. The zero-order valence-corrected chi connectivity index (χ0v) is 12.7. The van der Waals surface area contributed by atoms with Gasteiger partial charge in [-0.15, -0.1) is 0 Å². The molecule has 0 spiro atoms. The molecule has 0 saturated heterocycles. The molecule has 0 saturated carbocycles. The van der Waals surface area contributed by atoms with Crippen LogP contribution in [0.4, 0.5) is 0 Å². The van der Waals surface area contributed by atoms with Crippen LogP contribution in [0.1, 0.15) is 38.3 Å². The Balaban J connectivity index is 1.91. The highest BCUT2D eigenvalue weighted by molar-refractivity contribution is 5.82. The molecular weight excluding hydrogens is 260 g/mol. The molecule has 1 aromatic heterocycles. The molecule has 0 aliphatic heterocycles. The van der Waals surface area contributed by atoms with Crippen molar-refractivity contribution in [1.82, 2.24) is 4.98 Å². The highest BCUT2D eigenvalue weighted by atomic mass is 16.1. The summed E-state index contributed by atoms with van der Waals surface area (Å²) >= 11 is 0. The van der Waals surface area contributed by atoms with Gasteiger partial charge in [-0.3, -0.25) is 9.78 Å². The smallest absolute Gasteiger partial charge is 0.138 e. The standard InChI is InChI=1S/C18H24N2O/c1-2-14(11-12-19)7-10-17(21)13-16-9-8-15-5-3-4-6-18(15)20-16/h3-6,8-9,14H,2,7,10-13,19H2,1H3. The van der Waals surface area contributed by atoms with E-state index < -0.39 is 0 Å². The van der Waals surface area contributed by atoms with Crippen molar-refractivity contribution in [2.75, 3.05) is 6.54 Å². The number of benzene rings is 1. The number of carbonyl (C=O) groups excluding carboxylic acids is 1. The van der Waals surface area contributed by atoms with Gasteiger partial charge in [-0.1, -0.05) is 37.6 Å². The van der Waals surface area contributed by atoms with E-state index in [9.17, 15) is 4.79 Å². The van der Waals surface area contributed by atoms with Crippen molar-refractivity contribution in [1.29, 1.82) is 0 Å². The number of aromatic nitrogens is 1. The van der Waals surface area contributed by atoms with Gasteiger partial charge in [-0.2, -0.15) is 0 Å². The SMILES string of the molecule is CCC(CCN)CCC(=O)Cc1ccc2ccccc2n1. The zero-order chi connectivity index (χ0) is 15.1. The maximum atomic E-state index is 12.1. The zero-order valence-electron chi connectivity index (χ0n) is 12.7. The van der Waals surface area contributed by atoms with Crippen molar-refractivity contribution in [3.05, 3.63) is 42.1 Å². The van der Waals surface area contributed by atoms with Crippen LogP contribution in [0.25, 0.3) is 10.9 Å². The molecule has 0 fully saturated rings. The van der Waals surface area contributed by atoms with Gasteiger partial charge in [0.1, 0.15) is 5.78 Å². The lowest BCUT2D eigenvalue weighted by atomic mass is 9.94. The van der Waals surface area contributed by atoms with Gasteiger partial charge in [0.05, 0.1) is 5.52 Å². The van der Waals surface area contributed by atoms with E-state index in [0.29, 0.717) is 25.3 Å². The van der Waals surface area contributed by atoms with E-state index in [4.69, 9.17) is 5.73 Å². The lowest BCUT2D eigenvalue weighted by Gasteiger charge is -2.12. The lowest BCUT2D eigenvalue weighted by Crippen LogP contribution is -2.11. The Bertz CT molecular complexity index is 595. The number of nitrogens with two attached hydrogens (primary N) is 1. The Hall–Kier alpha value is -1.74. The minimum atomic E-state index is 0.272.